The summed E-state index contributed by atoms with van der Waals surface area (Å²) in [5.41, 5.74) is -1.21. The zero-order valence-electron chi connectivity index (χ0n) is 12.8. The Bertz CT molecular complexity index is 1100. The van der Waals surface area contributed by atoms with E-state index in [2.05, 4.69) is 15.9 Å². The van der Waals surface area contributed by atoms with E-state index in [1.54, 1.807) is 0 Å². The van der Waals surface area contributed by atoms with E-state index in [1.807, 2.05) is 0 Å². The number of halogens is 4. The van der Waals surface area contributed by atoms with Crippen molar-refractivity contribution in [2.24, 2.45) is 5.73 Å². The molecule has 1 aliphatic heterocycles. The molecule has 1 aliphatic rings. The Morgan fingerprint density at radius 2 is 1.96 bits per heavy atom. The molecule has 1 aromatic heterocycles. The number of para-hydroxylation sites is 1. The molecule has 12 heteroatoms. The SMILES string of the molecule is N#CC1=C(N)Oc2c(c3cccc(Br)c3n2C(=O)O)[C@]1(C(=O)O)C(F)(F)F. The number of hydrogen-bond acceptors (Lipinski definition) is 5. The molecule has 0 saturated heterocycles. The van der Waals surface area contributed by atoms with Crippen molar-refractivity contribution in [1.82, 2.24) is 4.57 Å². The van der Waals surface area contributed by atoms with Crippen molar-refractivity contribution >= 4 is 38.9 Å². The van der Waals surface area contributed by atoms with Gasteiger partial charge in [-0.25, -0.2) is 9.36 Å². The van der Waals surface area contributed by atoms with Crippen molar-refractivity contribution in [2.45, 2.75) is 11.6 Å². The molecule has 140 valence electrons. The van der Waals surface area contributed by atoms with Gasteiger partial charge in [0, 0.05) is 9.86 Å². The predicted octanol–water partition coefficient (Wildman–Crippen LogP) is 2.90. The first kappa shape index (κ1) is 18.6. The van der Waals surface area contributed by atoms with Gasteiger partial charge in [-0.1, -0.05) is 12.1 Å². The molecule has 3 rings (SSSR count). The minimum absolute atomic E-state index is 0.0685. The lowest BCUT2D eigenvalue weighted by Crippen LogP contribution is -2.53. The number of fused-ring (bicyclic) bond motifs is 3. The lowest BCUT2D eigenvalue weighted by atomic mass is 9.72. The van der Waals surface area contributed by atoms with Gasteiger partial charge in [0.1, 0.15) is 11.6 Å². The van der Waals surface area contributed by atoms with Crippen LogP contribution in [-0.2, 0) is 10.2 Å². The maximum absolute atomic E-state index is 14.1. The molecule has 0 spiro atoms. The summed E-state index contributed by atoms with van der Waals surface area (Å²) >= 11 is 3.04. The quantitative estimate of drug-likeness (QED) is 0.612. The van der Waals surface area contributed by atoms with Crippen LogP contribution in [0.1, 0.15) is 5.56 Å². The maximum atomic E-state index is 14.1. The van der Waals surface area contributed by atoms with E-state index >= 15 is 0 Å². The van der Waals surface area contributed by atoms with Crippen molar-refractivity contribution in [3.05, 3.63) is 39.7 Å². The highest BCUT2D eigenvalue weighted by Crippen LogP contribution is 2.56. The molecule has 4 N–H and O–H groups in total. The van der Waals surface area contributed by atoms with Crippen LogP contribution < -0.4 is 10.5 Å². The van der Waals surface area contributed by atoms with Gasteiger partial charge in [-0.15, -0.1) is 0 Å². The van der Waals surface area contributed by atoms with Gasteiger partial charge >= 0.3 is 18.2 Å². The Kier molecular flexibility index (Phi) is 3.89. The molecule has 2 heterocycles. The number of nitrogens with zero attached hydrogens (tertiary/aromatic N) is 2. The number of nitriles is 1. The minimum atomic E-state index is -5.53. The first-order valence-electron chi connectivity index (χ1n) is 6.95. The van der Waals surface area contributed by atoms with Gasteiger partial charge < -0.3 is 20.7 Å². The predicted molar refractivity (Wildman–Crippen MR) is 85.9 cm³/mol. The van der Waals surface area contributed by atoms with E-state index < -0.39 is 46.6 Å². The highest BCUT2D eigenvalue weighted by atomic mass is 79.9. The standard InChI is InChI=1S/C15H7BrF3N3O5/c16-7-3-1-2-5-8-11(22(9(5)7)13(25)26)27-10(21)6(4-20)14(8,12(23)24)15(17,18)19/h1-3H,21H2,(H,23,24)(H,25,26)/t14-/m1/s1. The van der Waals surface area contributed by atoms with Crippen molar-refractivity contribution in [1.29, 1.82) is 5.26 Å². The third-order valence-corrected chi connectivity index (χ3v) is 4.79. The number of carboxylic acids is 1. The first-order valence-corrected chi connectivity index (χ1v) is 7.74. The van der Waals surface area contributed by atoms with Crippen LogP contribution in [0.25, 0.3) is 10.9 Å². The van der Waals surface area contributed by atoms with E-state index in [4.69, 9.17) is 10.5 Å². The summed E-state index contributed by atoms with van der Waals surface area (Å²) in [4.78, 5) is 23.6. The molecule has 1 aromatic carbocycles. The number of rotatable bonds is 1. The molecular weight excluding hydrogens is 439 g/mol. The van der Waals surface area contributed by atoms with Crippen molar-refractivity contribution in [2.75, 3.05) is 0 Å². The second kappa shape index (κ2) is 5.65. The van der Waals surface area contributed by atoms with Crippen LogP contribution in [0.3, 0.4) is 0 Å². The number of nitrogens with two attached hydrogens (primary N) is 1. The van der Waals surface area contributed by atoms with Crippen molar-refractivity contribution < 1.29 is 37.7 Å². The monoisotopic (exact) mass is 445 g/mol. The van der Waals surface area contributed by atoms with Crippen LogP contribution in [0.2, 0.25) is 0 Å². The van der Waals surface area contributed by atoms with E-state index in [9.17, 15) is 38.2 Å². The molecule has 0 bridgehead atoms. The van der Waals surface area contributed by atoms with Gasteiger partial charge in [0.25, 0.3) is 0 Å². The number of carbonyl (C=O) groups is 2. The molecule has 0 amide bonds. The molecule has 1 atom stereocenters. The Hall–Kier alpha value is -3.20. The Morgan fingerprint density at radius 3 is 2.44 bits per heavy atom. The second-order valence-electron chi connectivity index (χ2n) is 5.44. The van der Waals surface area contributed by atoms with E-state index in [0.717, 1.165) is 12.1 Å². The normalized spacial score (nSPS) is 19.4. The average Bonchev–Trinajstić information content (AvgIpc) is 2.87. The number of aromatic nitrogens is 1. The fourth-order valence-electron chi connectivity index (χ4n) is 3.14. The second-order valence-corrected chi connectivity index (χ2v) is 6.29. The zero-order valence-corrected chi connectivity index (χ0v) is 14.4. The summed E-state index contributed by atoms with van der Waals surface area (Å²) in [6.07, 6.45) is -7.27. The third-order valence-electron chi connectivity index (χ3n) is 4.15. The van der Waals surface area contributed by atoms with Gasteiger partial charge in [0.05, 0.1) is 11.1 Å². The Labute approximate surface area is 156 Å². The molecular formula is C15H7BrF3N3O5. The van der Waals surface area contributed by atoms with Crippen LogP contribution in [0, 0.1) is 11.3 Å². The maximum Gasteiger partial charge on any atom is 0.418 e. The molecule has 27 heavy (non-hydrogen) atoms. The van der Waals surface area contributed by atoms with E-state index in [1.165, 1.54) is 12.1 Å². The molecule has 0 saturated carbocycles. The molecule has 8 nitrogen and oxygen atoms in total. The number of benzene rings is 1. The van der Waals surface area contributed by atoms with Crippen molar-refractivity contribution in [3.63, 3.8) is 0 Å². The molecule has 0 fully saturated rings. The first-order chi connectivity index (χ1) is 12.5. The van der Waals surface area contributed by atoms with Gasteiger partial charge in [0.15, 0.2) is 0 Å². The van der Waals surface area contributed by atoms with Crippen LogP contribution in [0.15, 0.2) is 34.1 Å². The molecule has 0 unspecified atom stereocenters. The number of aliphatic carboxylic acids is 1. The number of ether oxygens (including phenoxy) is 1. The molecule has 2 aromatic rings. The Morgan fingerprint density at radius 1 is 1.33 bits per heavy atom. The van der Waals surface area contributed by atoms with Gasteiger partial charge in [0.2, 0.25) is 17.2 Å². The van der Waals surface area contributed by atoms with Crippen molar-refractivity contribution in [3.8, 4) is 11.9 Å². The number of alkyl halides is 3. The van der Waals surface area contributed by atoms with E-state index in [-0.39, 0.29) is 15.4 Å². The lowest BCUT2D eigenvalue weighted by molar-refractivity contribution is -0.197. The molecule has 0 radical (unpaired) electrons. The summed E-state index contributed by atoms with van der Waals surface area (Å²) in [5.74, 6) is -4.53. The largest absolute Gasteiger partial charge is 0.480 e. The average molecular weight is 446 g/mol. The number of hydrogen-bond donors (Lipinski definition) is 3. The smallest absolute Gasteiger partial charge is 0.418 e. The summed E-state index contributed by atoms with van der Waals surface area (Å²) in [5, 5.41) is 27.9. The lowest BCUT2D eigenvalue weighted by Gasteiger charge is -2.34. The summed E-state index contributed by atoms with van der Waals surface area (Å²) in [7, 11) is 0. The van der Waals surface area contributed by atoms with Crippen LogP contribution in [0.4, 0.5) is 18.0 Å². The highest BCUT2D eigenvalue weighted by molar-refractivity contribution is 9.10. The van der Waals surface area contributed by atoms with Crippen LogP contribution in [0.5, 0.6) is 5.88 Å². The van der Waals surface area contributed by atoms with E-state index in [0.29, 0.717) is 4.57 Å². The fourth-order valence-corrected chi connectivity index (χ4v) is 3.68. The topological polar surface area (TPSA) is 139 Å². The third kappa shape index (κ3) is 2.15. The summed E-state index contributed by atoms with van der Waals surface area (Å²) in [6, 6.07) is 4.89. The fraction of sp³-hybridized carbons (Fsp3) is 0.133. The van der Waals surface area contributed by atoms with Gasteiger partial charge in [-0.2, -0.15) is 18.4 Å². The van der Waals surface area contributed by atoms with Gasteiger partial charge in [-0.3, -0.25) is 4.79 Å². The minimum Gasteiger partial charge on any atom is -0.480 e. The summed E-state index contributed by atoms with van der Waals surface area (Å²) < 4.78 is 47.8. The molecule has 0 aliphatic carbocycles. The number of carboxylic acid groups (broad SMARTS) is 2. The Balaban J connectivity index is 2.69. The van der Waals surface area contributed by atoms with Gasteiger partial charge in [-0.05, 0) is 22.0 Å². The zero-order chi connectivity index (χ0) is 20.3. The summed E-state index contributed by atoms with van der Waals surface area (Å²) in [6.45, 7) is 0. The van der Waals surface area contributed by atoms with Crippen LogP contribution in [-0.4, -0.2) is 33.0 Å². The highest BCUT2D eigenvalue weighted by Gasteiger charge is 2.70. The van der Waals surface area contributed by atoms with Crippen LogP contribution >= 0.6 is 15.9 Å².